The van der Waals surface area contributed by atoms with Crippen LogP contribution >= 0.6 is 46.6 Å². The highest BCUT2D eigenvalue weighted by molar-refractivity contribution is 8.00. The molecule has 0 fully saturated rings. The van der Waals surface area contributed by atoms with E-state index in [2.05, 4.69) is 26.7 Å². The van der Waals surface area contributed by atoms with Crippen molar-refractivity contribution < 1.29 is 88.3 Å². The first kappa shape index (κ1) is 84.4. The second-order valence-electron chi connectivity index (χ2n) is 21.7. The Morgan fingerprint density at radius 1 is 0.485 bits per heavy atom. The molecule has 0 bridgehead atoms. The highest BCUT2D eigenvalue weighted by Gasteiger charge is 2.18. The molecular weight excluding hydrogens is 1410 g/mol. The monoisotopic (exact) mass is 1480 g/mol. The molecule has 0 saturated heterocycles. The number of anilines is 2. The van der Waals surface area contributed by atoms with Gasteiger partial charge < -0.3 is 65.3 Å². The number of carbonyl (C=O) groups is 7. The zero-order chi connectivity index (χ0) is 76.0. The van der Waals surface area contributed by atoms with Gasteiger partial charge in [-0.2, -0.15) is 5.26 Å². The number of fused-ring (bicyclic) bond motifs is 3. The van der Waals surface area contributed by atoms with Crippen LogP contribution in [0.1, 0.15) is 58.2 Å². The lowest BCUT2D eigenvalue weighted by atomic mass is 10.0. The van der Waals surface area contributed by atoms with E-state index >= 15 is 0 Å². The summed E-state index contributed by atoms with van der Waals surface area (Å²) < 4.78 is 20.7. The van der Waals surface area contributed by atoms with E-state index in [1.165, 1.54) is 38.7 Å². The summed E-state index contributed by atoms with van der Waals surface area (Å²) >= 11 is 18.6. The van der Waals surface area contributed by atoms with E-state index < -0.39 is 77.4 Å². The van der Waals surface area contributed by atoms with E-state index in [0.717, 1.165) is 66.3 Å². The van der Waals surface area contributed by atoms with Crippen molar-refractivity contribution in [2.24, 2.45) is 0 Å². The second-order valence-corrected chi connectivity index (χ2v) is 24.4. The molecule has 0 radical (unpaired) electrons. The van der Waals surface area contributed by atoms with Crippen LogP contribution in [0.2, 0.25) is 15.2 Å². The predicted octanol–water partition coefficient (Wildman–Crippen LogP) is 15.6. The van der Waals surface area contributed by atoms with Gasteiger partial charge in [0, 0.05) is 59.4 Å². The Kier molecular flexibility index (Phi) is 36.8. The third-order valence-electron chi connectivity index (χ3n) is 13.8. The lowest BCUT2D eigenvalue weighted by molar-refractivity contribution is -0.150. The van der Waals surface area contributed by atoms with E-state index in [9.17, 15) is 33.6 Å². The molecule has 2 aromatic heterocycles. The molecule has 0 spiro atoms. The molecule has 0 aliphatic carbocycles. The van der Waals surface area contributed by atoms with Gasteiger partial charge in [0.05, 0.1) is 36.6 Å². The average molecular weight is 1490 g/mol. The van der Waals surface area contributed by atoms with Gasteiger partial charge in [-0.1, -0.05) is 162 Å². The summed E-state index contributed by atoms with van der Waals surface area (Å²) in [4.78, 5) is 82.9. The minimum Gasteiger partial charge on any atom is -0.480 e. The minimum atomic E-state index is -1.02. The molecule has 10 aromatic rings. The van der Waals surface area contributed by atoms with Crippen LogP contribution in [0.3, 0.4) is 0 Å². The third kappa shape index (κ3) is 31.2. The largest absolute Gasteiger partial charge is 0.480 e. The molecule has 27 heteroatoms. The maximum absolute atomic E-state index is 10.8. The molecule has 0 saturated carbocycles. The zero-order valence-electron chi connectivity index (χ0n) is 56.5. The number of carboxylic acids is 7. The molecule has 10 rings (SSSR count). The number of nitriles is 1. The van der Waals surface area contributed by atoms with Gasteiger partial charge in [0.15, 0.2) is 18.3 Å². The number of nitrogens with zero attached hydrogens (tertiary/aromatic N) is 3. The molecule has 6 atom stereocenters. The molecule has 2 heterocycles. The van der Waals surface area contributed by atoms with Crippen molar-refractivity contribution in [3.63, 3.8) is 0 Å². The van der Waals surface area contributed by atoms with Crippen LogP contribution in [0.4, 0.5) is 11.4 Å². The van der Waals surface area contributed by atoms with E-state index in [1.807, 2.05) is 140 Å². The van der Waals surface area contributed by atoms with E-state index in [0.29, 0.717) is 45.5 Å². The quantitative estimate of drug-likeness (QED) is 0.0154. The van der Waals surface area contributed by atoms with Crippen molar-refractivity contribution in [2.45, 2.75) is 95.1 Å². The van der Waals surface area contributed by atoms with Crippen LogP contribution in [0.5, 0.6) is 11.5 Å². The number of hydrogen-bond acceptors (Lipinski definition) is 17. The summed E-state index contributed by atoms with van der Waals surface area (Å²) in [6.07, 6.45) is 1.25. The van der Waals surface area contributed by atoms with Gasteiger partial charge in [0.1, 0.15) is 40.6 Å². The van der Waals surface area contributed by atoms with Gasteiger partial charge in [-0.3, -0.25) is 19.4 Å². The lowest BCUT2D eigenvalue weighted by Gasteiger charge is -2.13. The number of nitrogens with one attached hydrogen (secondary N) is 2. The van der Waals surface area contributed by atoms with Crippen molar-refractivity contribution in [3.8, 4) is 17.6 Å². The Bertz CT molecular complexity index is 4340. The van der Waals surface area contributed by atoms with Crippen molar-refractivity contribution in [3.05, 3.63) is 244 Å². The van der Waals surface area contributed by atoms with Crippen LogP contribution in [-0.2, 0) is 56.1 Å². The van der Waals surface area contributed by atoms with E-state index in [-0.39, 0.29) is 6.61 Å². The van der Waals surface area contributed by atoms with Crippen molar-refractivity contribution in [1.82, 2.24) is 9.97 Å². The molecule has 23 nitrogen and oxygen atoms in total. The van der Waals surface area contributed by atoms with E-state index in [4.69, 9.17) is 94.8 Å². The first-order valence-electron chi connectivity index (χ1n) is 31.3. The number of rotatable bonds is 24. The Morgan fingerprint density at radius 3 is 1.49 bits per heavy atom. The Balaban J connectivity index is 0.000000256. The van der Waals surface area contributed by atoms with Gasteiger partial charge in [-0.25, -0.2) is 24.2 Å². The predicted molar refractivity (Wildman–Crippen MR) is 397 cm³/mol. The summed E-state index contributed by atoms with van der Waals surface area (Å²) in [6, 6.07) is 61.4. The lowest BCUT2D eigenvalue weighted by Crippen LogP contribution is -2.25. The number of carboxylic acid groups (broad SMARTS) is 7. The van der Waals surface area contributed by atoms with Gasteiger partial charge >= 0.3 is 41.8 Å². The van der Waals surface area contributed by atoms with E-state index in [1.54, 1.807) is 87.6 Å². The van der Waals surface area contributed by atoms with Crippen LogP contribution in [0.15, 0.2) is 217 Å². The fourth-order valence-electron chi connectivity index (χ4n) is 8.18. The standard InChI is InChI=1S/C14H11NO3.C12H10ClNO3.C12H12N2O2.2C10H12O3.C9H10ClNO2.C9H9ClO2S/c1-9(14(16)17)18-13-7-6-10(8-15)11-4-2-3-5-12(11)13;1-7(12(15)16)17-10-6-14-11(13)9-5-3-2-4-8(9)10;1-8(12(15)16)14-11-6-7-13-10-5-3-2-4-9(10)11;1-8(10(11)12)13-7-9-5-3-2-4-6-9;11-10(12)8-13-7-6-9-4-2-1-3-5-9;1-6(9(12)13)11-8-4-2-7(10)3-5-8;1-6(9(11)12)13-8-4-2-7(10)3-5-8/h2-7,9H,1H3,(H,16,17);2-7H,1H3,(H,15,16);2-8H,1H3,(H,13,14)(H,15,16);2-6,8H,7H2,1H3,(H,11,12);1-5H,6-8H2,(H,11,12);2-6,11H,1H3,(H,12,13);2-6H,1H3,(H,11,12)/t9-;7-;8-;;;6-;/m000..0./s1. The fraction of sp³-hybridized carbons (Fsp3) is 0.211. The second kappa shape index (κ2) is 45.0. The summed E-state index contributed by atoms with van der Waals surface area (Å²) in [5.74, 6) is -5.58. The molecule has 0 aliphatic rings. The summed E-state index contributed by atoms with van der Waals surface area (Å²) in [5, 5.41) is 80.5. The fourth-order valence-corrected chi connectivity index (χ4v) is 9.45. The maximum atomic E-state index is 10.8. The van der Waals surface area contributed by atoms with Crippen molar-refractivity contribution >= 4 is 132 Å². The highest BCUT2D eigenvalue weighted by atomic mass is 35.5. The number of para-hydroxylation sites is 1. The summed E-state index contributed by atoms with van der Waals surface area (Å²) in [5.41, 5.74) is 5.08. The zero-order valence-corrected chi connectivity index (χ0v) is 59.6. The molecule has 540 valence electrons. The number of benzene rings is 8. The van der Waals surface area contributed by atoms with Crippen LogP contribution in [0, 0.1) is 11.3 Å². The molecule has 103 heavy (non-hydrogen) atoms. The Morgan fingerprint density at radius 2 is 0.961 bits per heavy atom. The summed E-state index contributed by atoms with van der Waals surface area (Å²) in [6.45, 7) is 9.87. The van der Waals surface area contributed by atoms with Gasteiger partial charge in [-0.15, -0.1) is 11.8 Å². The van der Waals surface area contributed by atoms with Gasteiger partial charge in [0.25, 0.3) is 0 Å². The number of aromatic nitrogens is 2. The number of halogens is 3. The van der Waals surface area contributed by atoms with Crippen molar-refractivity contribution in [2.75, 3.05) is 23.8 Å². The minimum absolute atomic E-state index is 0.215. The molecule has 2 unspecified atom stereocenters. The number of hydrogen-bond donors (Lipinski definition) is 9. The smallest absolute Gasteiger partial charge is 0.344 e. The van der Waals surface area contributed by atoms with Crippen LogP contribution in [-0.4, -0.2) is 136 Å². The first-order valence-corrected chi connectivity index (χ1v) is 33.3. The molecule has 0 amide bonds. The first-order chi connectivity index (χ1) is 49.1. The molecular formula is C76H76Cl3N5O18S. The maximum Gasteiger partial charge on any atom is 0.344 e. The Hall–Kier alpha value is -11.0. The average Bonchev–Trinajstić information content (AvgIpc) is 0.816. The SMILES string of the molecule is CC(OCc1ccccc1)C(=O)O.CC(Sc1ccc(Cl)cc1)C(=O)O.C[C@H](Nc1ccc(Cl)cc1)C(=O)O.C[C@H](Nc1ccnc2ccccc12)C(=O)O.C[C@H](Oc1ccc(C#N)c2ccccc12)C(=O)O.C[C@H](Oc1cnc(Cl)c2ccccc12)C(=O)O.O=C(O)COCCc1ccccc1. The number of pyridine rings is 2. The third-order valence-corrected chi connectivity index (χ3v) is 15.7. The molecule has 8 aromatic carbocycles. The Labute approximate surface area is 613 Å². The van der Waals surface area contributed by atoms with Gasteiger partial charge in [0.2, 0.25) is 0 Å². The van der Waals surface area contributed by atoms with Crippen LogP contribution in [0.25, 0.3) is 32.4 Å². The topological polar surface area (TPSA) is 372 Å². The number of thioether (sulfide) groups is 1. The van der Waals surface area contributed by atoms with Gasteiger partial charge in [-0.05, 0) is 132 Å². The van der Waals surface area contributed by atoms with Crippen molar-refractivity contribution in [1.29, 1.82) is 5.26 Å². The highest BCUT2D eigenvalue weighted by Crippen LogP contribution is 2.31. The van der Waals surface area contributed by atoms with Crippen LogP contribution < -0.4 is 20.1 Å². The normalized spacial score (nSPS) is 11.9. The summed E-state index contributed by atoms with van der Waals surface area (Å²) in [7, 11) is 0. The number of aliphatic carboxylic acids is 7. The number of ether oxygens (including phenoxy) is 4. The molecule has 9 N–H and O–H groups in total. The molecule has 0 aliphatic heterocycles.